The summed E-state index contributed by atoms with van der Waals surface area (Å²) in [5.41, 5.74) is 4.19. The number of hydrogen-bond donors (Lipinski definition) is 0. The molecule has 0 unspecified atom stereocenters. The van der Waals surface area contributed by atoms with Gasteiger partial charge in [0, 0.05) is 36.7 Å². The van der Waals surface area contributed by atoms with E-state index in [9.17, 15) is 8.42 Å². The summed E-state index contributed by atoms with van der Waals surface area (Å²) in [6, 6.07) is 10.0. The molecule has 2 aromatic rings. The number of aliphatic imine (C=N–C) groups is 1. The maximum atomic E-state index is 11.6. The zero-order chi connectivity index (χ0) is 19.2. The highest BCUT2D eigenvalue weighted by Gasteiger charge is 2.35. The van der Waals surface area contributed by atoms with E-state index in [1.165, 1.54) is 11.8 Å². The van der Waals surface area contributed by atoms with E-state index in [-0.39, 0.29) is 11.4 Å². The maximum Gasteiger partial charge on any atom is 0.153 e. The largest absolute Gasteiger partial charge is 0.491 e. The molecule has 0 saturated carbocycles. The van der Waals surface area contributed by atoms with Crippen LogP contribution in [0.25, 0.3) is 0 Å². The Kier molecular flexibility index (Phi) is 4.42. The van der Waals surface area contributed by atoms with Crippen molar-refractivity contribution in [3.8, 4) is 5.75 Å². The third kappa shape index (κ3) is 3.56. The minimum absolute atomic E-state index is 0.117. The Labute approximate surface area is 159 Å². The number of fused-ring (bicyclic) bond motifs is 1. The molecule has 0 radical (unpaired) electrons. The predicted molar refractivity (Wildman–Crippen MR) is 107 cm³/mol. The van der Waals surface area contributed by atoms with Crippen LogP contribution in [0.3, 0.4) is 0 Å². The van der Waals surface area contributed by atoms with Gasteiger partial charge in [-0.05, 0) is 43.7 Å². The van der Waals surface area contributed by atoms with Crippen LogP contribution in [-0.2, 0) is 16.4 Å². The van der Waals surface area contributed by atoms with Crippen molar-refractivity contribution in [2.75, 3.05) is 24.2 Å². The highest BCUT2D eigenvalue weighted by atomic mass is 32.2. The molecule has 0 atom stereocenters. The predicted octanol–water partition coefficient (Wildman–Crippen LogP) is 2.45. The van der Waals surface area contributed by atoms with E-state index < -0.39 is 9.84 Å². The van der Waals surface area contributed by atoms with Crippen molar-refractivity contribution in [2.45, 2.75) is 31.7 Å². The van der Waals surface area contributed by atoms with Gasteiger partial charge in [0.15, 0.2) is 9.84 Å². The molecule has 1 aromatic carbocycles. The lowest BCUT2D eigenvalue weighted by Gasteiger charge is -2.38. The first-order valence-electron chi connectivity index (χ1n) is 9.06. The summed E-state index contributed by atoms with van der Waals surface area (Å²) in [6.07, 6.45) is 3.17. The van der Waals surface area contributed by atoms with Crippen LogP contribution in [0.15, 0.2) is 41.5 Å². The standard InChI is InChI=1S/C20H23N3O3S/c1-13(2)26-16-5-4-15-10-22-20(18(15)9-16)14-6-7-21-19(8-14)23-11-17(12-23)27(3,24)25/h4-9,13,17H,10-12H2,1-3H3. The minimum atomic E-state index is -2.99. The molecule has 1 fully saturated rings. The highest BCUT2D eigenvalue weighted by molar-refractivity contribution is 7.91. The molecule has 4 rings (SSSR count). The molecule has 7 heteroatoms. The van der Waals surface area contributed by atoms with Gasteiger partial charge in [-0.25, -0.2) is 13.4 Å². The monoisotopic (exact) mass is 385 g/mol. The van der Waals surface area contributed by atoms with Crippen molar-refractivity contribution in [3.05, 3.63) is 53.2 Å². The SMILES string of the molecule is CC(C)Oc1ccc2c(c1)C(c1ccnc(N3CC(S(C)(=O)=O)C3)c1)=NC2. The van der Waals surface area contributed by atoms with Crippen molar-refractivity contribution >= 4 is 21.4 Å². The molecule has 2 aliphatic heterocycles. The molecule has 1 aromatic heterocycles. The summed E-state index contributed by atoms with van der Waals surface area (Å²) in [7, 11) is -2.99. The van der Waals surface area contributed by atoms with Crippen LogP contribution >= 0.6 is 0 Å². The second kappa shape index (κ2) is 6.64. The summed E-state index contributed by atoms with van der Waals surface area (Å²) < 4.78 is 29.1. The fourth-order valence-electron chi connectivity index (χ4n) is 3.39. The molecule has 1 saturated heterocycles. The number of rotatable bonds is 5. The van der Waals surface area contributed by atoms with Crippen LogP contribution in [0.5, 0.6) is 5.75 Å². The Morgan fingerprint density at radius 2 is 1.96 bits per heavy atom. The van der Waals surface area contributed by atoms with Crippen LogP contribution < -0.4 is 9.64 Å². The Morgan fingerprint density at radius 3 is 2.67 bits per heavy atom. The van der Waals surface area contributed by atoms with E-state index in [4.69, 9.17) is 9.73 Å². The molecule has 6 nitrogen and oxygen atoms in total. The van der Waals surface area contributed by atoms with E-state index in [1.54, 1.807) is 6.20 Å². The first-order valence-corrected chi connectivity index (χ1v) is 11.0. The molecular weight excluding hydrogens is 362 g/mol. The second-order valence-corrected chi connectivity index (χ2v) is 9.74. The summed E-state index contributed by atoms with van der Waals surface area (Å²) in [5.74, 6) is 1.63. The Bertz CT molecular complexity index is 1010. The average Bonchev–Trinajstić information content (AvgIpc) is 2.95. The van der Waals surface area contributed by atoms with E-state index >= 15 is 0 Å². The third-order valence-electron chi connectivity index (χ3n) is 4.91. The van der Waals surface area contributed by atoms with Crippen LogP contribution in [0.1, 0.15) is 30.5 Å². The Morgan fingerprint density at radius 1 is 1.19 bits per heavy atom. The van der Waals surface area contributed by atoms with Crippen molar-refractivity contribution in [3.63, 3.8) is 0 Å². The number of ether oxygens (including phenoxy) is 1. The fourth-order valence-corrected chi connectivity index (χ4v) is 4.29. The molecule has 27 heavy (non-hydrogen) atoms. The number of hydrogen-bond acceptors (Lipinski definition) is 6. The smallest absolute Gasteiger partial charge is 0.153 e. The van der Waals surface area contributed by atoms with Gasteiger partial charge < -0.3 is 9.64 Å². The number of aromatic nitrogens is 1. The molecule has 142 valence electrons. The number of benzene rings is 1. The van der Waals surface area contributed by atoms with Gasteiger partial charge in [0.2, 0.25) is 0 Å². The van der Waals surface area contributed by atoms with Crippen LogP contribution in [0, 0.1) is 0 Å². The maximum absolute atomic E-state index is 11.6. The van der Waals surface area contributed by atoms with E-state index in [0.717, 1.165) is 28.4 Å². The summed E-state index contributed by atoms with van der Waals surface area (Å²) in [4.78, 5) is 11.1. The van der Waals surface area contributed by atoms with Gasteiger partial charge in [-0.3, -0.25) is 4.99 Å². The molecule has 2 aliphatic rings. The summed E-state index contributed by atoms with van der Waals surface area (Å²) >= 11 is 0. The van der Waals surface area contributed by atoms with Crippen molar-refractivity contribution in [1.82, 2.24) is 4.98 Å². The average molecular weight is 385 g/mol. The number of pyridine rings is 1. The van der Waals surface area contributed by atoms with E-state index in [0.29, 0.717) is 19.6 Å². The minimum Gasteiger partial charge on any atom is -0.491 e. The van der Waals surface area contributed by atoms with Crippen molar-refractivity contribution in [2.24, 2.45) is 4.99 Å². The number of nitrogens with zero attached hydrogens (tertiary/aromatic N) is 3. The summed E-state index contributed by atoms with van der Waals surface area (Å²) in [5, 5.41) is -0.303. The Balaban J connectivity index is 1.58. The first kappa shape index (κ1) is 18.0. The van der Waals surface area contributed by atoms with E-state index in [2.05, 4.69) is 11.1 Å². The van der Waals surface area contributed by atoms with Gasteiger partial charge in [0.1, 0.15) is 11.6 Å². The zero-order valence-electron chi connectivity index (χ0n) is 15.7. The van der Waals surface area contributed by atoms with Crippen LogP contribution in [-0.4, -0.2) is 49.8 Å². The molecule has 0 aliphatic carbocycles. The lowest BCUT2D eigenvalue weighted by atomic mass is 10.00. The van der Waals surface area contributed by atoms with Crippen LogP contribution in [0.2, 0.25) is 0 Å². The fraction of sp³-hybridized carbons (Fsp3) is 0.400. The van der Waals surface area contributed by atoms with Gasteiger partial charge in [0.25, 0.3) is 0 Å². The van der Waals surface area contributed by atoms with Gasteiger partial charge in [-0.15, -0.1) is 0 Å². The topological polar surface area (TPSA) is 71.9 Å². The number of anilines is 1. The lowest BCUT2D eigenvalue weighted by molar-refractivity contribution is 0.242. The van der Waals surface area contributed by atoms with Gasteiger partial charge in [-0.1, -0.05) is 6.07 Å². The van der Waals surface area contributed by atoms with Gasteiger partial charge >= 0.3 is 0 Å². The molecular formula is C20H23N3O3S. The second-order valence-electron chi connectivity index (χ2n) is 7.41. The Hall–Kier alpha value is -2.41. The van der Waals surface area contributed by atoms with Gasteiger partial charge in [-0.2, -0.15) is 0 Å². The molecule has 0 spiro atoms. The van der Waals surface area contributed by atoms with Crippen molar-refractivity contribution < 1.29 is 13.2 Å². The van der Waals surface area contributed by atoms with Crippen molar-refractivity contribution in [1.29, 1.82) is 0 Å². The lowest BCUT2D eigenvalue weighted by Crippen LogP contribution is -2.54. The normalized spacial score (nSPS) is 16.9. The molecule has 3 heterocycles. The highest BCUT2D eigenvalue weighted by Crippen LogP contribution is 2.29. The summed E-state index contributed by atoms with van der Waals surface area (Å²) in [6.45, 7) is 5.65. The third-order valence-corrected chi connectivity index (χ3v) is 6.42. The van der Waals surface area contributed by atoms with Crippen LogP contribution in [0.4, 0.5) is 5.82 Å². The molecule has 0 N–H and O–H groups in total. The van der Waals surface area contributed by atoms with E-state index in [1.807, 2.05) is 43.0 Å². The van der Waals surface area contributed by atoms with Gasteiger partial charge in [0.05, 0.1) is 23.6 Å². The number of sulfone groups is 1. The molecule has 0 bridgehead atoms. The molecule has 0 amide bonds. The zero-order valence-corrected chi connectivity index (χ0v) is 16.5. The first-order chi connectivity index (χ1) is 12.8. The quantitative estimate of drug-likeness (QED) is 0.791.